The first-order valence-electron chi connectivity index (χ1n) is 9.52. The summed E-state index contributed by atoms with van der Waals surface area (Å²) in [4.78, 5) is 17.1. The van der Waals surface area contributed by atoms with Crippen LogP contribution in [0.2, 0.25) is 0 Å². The molecule has 2 aliphatic rings. The van der Waals surface area contributed by atoms with Crippen molar-refractivity contribution in [2.45, 2.75) is 19.4 Å². The number of piperidine rings is 1. The third-order valence-electron chi connectivity index (χ3n) is 5.29. The Labute approximate surface area is 154 Å². The first-order chi connectivity index (χ1) is 12.8. The van der Waals surface area contributed by atoms with E-state index < -0.39 is 0 Å². The predicted octanol–water partition coefficient (Wildman–Crippen LogP) is 1.99. The summed E-state index contributed by atoms with van der Waals surface area (Å²) in [6.45, 7) is 6.04. The minimum atomic E-state index is 0.113. The van der Waals surface area contributed by atoms with Gasteiger partial charge in [-0.05, 0) is 19.4 Å². The van der Waals surface area contributed by atoms with Crippen molar-refractivity contribution in [3.05, 3.63) is 42.1 Å². The third kappa shape index (κ3) is 3.97. The van der Waals surface area contributed by atoms with Gasteiger partial charge in [-0.1, -0.05) is 35.5 Å². The van der Waals surface area contributed by atoms with E-state index in [1.54, 1.807) is 0 Å². The molecule has 26 heavy (non-hydrogen) atoms. The summed E-state index contributed by atoms with van der Waals surface area (Å²) in [6.07, 6.45) is 2.05. The highest BCUT2D eigenvalue weighted by Crippen LogP contribution is 2.23. The van der Waals surface area contributed by atoms with E-state index in [1.165, 1.54) is 0 Å². The van der Waals surface area contributed by atoms with Crippen LogP contribution in [0.5, 0.6) is 0 Å². The molecule has 6 nitrogen and oxygen atoms in total. The minimum absolute atomic E-state index is 0.113. The molecule has 4 rings (SSSR count). The molecule has 0 aliphatic carbocycles. The Kier molecular flexibility index (Phi) is 5.32. The second-order valence-corrected chi connectivity index (χ2v) is 7.20. The summed E-state index contributed by atoms with van der Waals surface area (Å²) in [6, 6.07) is 12.0. The molecule has 0 spiro atoms. The lowest BCUT2D eigenvalue weighted by Crippen LogP contribution is -2.51. The number of aromatic nitrogens is 1. The van der Waals surface area contributed by atoms with E-state index in [-0.39, 0.29) is 5.92 Å². The van der Waals surface area contributed by atoms with E-state index in [1.807, 2.05) is 41.3 Å². The molecule has 1 amide bonds. The van der Waals surface area contributed by atoms with Gasteiger partial charge in [-0.2, -0.15) is 0 Å². The van der Waals surface area contributed by atoms with Gasteiger partial charge in [0, 0.05) is 50.9 Å². The fourth-order valence-electron chi connectivity index (χ4n) is 3.90. The van der Waals surface area contributed by atoms with Crippen LogP contribution in [0.25, 0.3) is 11.3 Å². The van der Waals surface area contributed by atoms with Crippen molar-refractivity contribution in [1.29, 1.82) is 0 Å². The third-order valence-corrected chi connectivity index (χ3v) is 5.29. The van der Waals surface area contributed by atoms with E-state index in [0.29, 0.717) is 5.91 Å². The van der Waals surface area contributed by atoms with Crippen molar-refractivity contribution in [3.8, 4) is 11.3 Å². The lowest BCUT2D eigenvalue weighted by Gasteiger charge is -2.36. The van der Waals surface area contributed by atoms with E-state index in [2.05, 4.69) is 15.4 Å². The molecule has 1 aromatic carbocycles. The lowest BCUT2D eigenvalue weighted by molar-refractivity contribution is -0.138. The van der Waals surface area contributed by atoms with E-state index in [0.717, 1.165) is 75.7 Å². The highest BCUT2D eigenvalue weighted by atomic mass is 16.5. The molecule has 2 aromatic rings. The average Bonchev–Trinajstić information content (AvgIpc) is 3.17. The number of nitrogens with zero attached hydrogens (tertiary/aromatic N) is 3. The summed E-state index contributed by atoms with van der Waals surface area (Å²) < 4.78 is 5.50. The fourth-order valence-corrected chi connectivity index (χ4v) is 3.90. The topological polar surface area (TPSA) is 61.6 Å². The van der Waals surface area contributed by atoms with Gasteiger partial charge in [-0.15, -0.1) is 0 Å². The van der Waals surface area contributed by atoms with Crippen LogP contribution in [0.15, 0.2) is 40.9 Å². The molecule has 1 aromatic heterocycles. The maximum atomic E-state index is 12.8. The molecule has 1 atom stereocenters. The smallest absolute Gasteiger partial charge is 0.227 e. The van der Waals surface area contributed by atoms with Gasteiger partial charge in [-0.3, -0.25) is 9.69 Å². The van der Waals surface area contributed by atoms with Gasteiger partial charge in [0.15, 0.2) is 5.76 Å². The number of nitrogens with one attached hydrogen (secondary N) is 1. The summed E-state index contributed by atoms with van der Waals surface area (Å²) in [5.74, 6) is 1.23. The standard InChI is InChI=1S/C20H26N4O2/c25-20(24-11-8-21-9-12-24)17-7-4-10-23(14-17)15-18-13-19(26-22-18)16-5-2-1-3-6-16/h1-3,5-6,13,17,21H,4,7-12,14-15H2. The number of likely N-dealkylation sites (tertiary alicyclic amines) is 1. The Bertz CT molecular complexity index is 724. The van der Waals surface area contributed by atoms with Crippen molar-refractivity contribution < 1.29 is 9.32 Å². The number of amides is 1. The van der Waals surface area contributed by atoms with Crippen LogP contribution in [0.4, 0.5) is 0 Å². The van der Waals surface area contributed by atoms with Crippen molar-refractivity contribution in [2.75, 3.05) is 39.3 Å². The molecule has 2 saturated heterocycles. The Balaban J connectivity index is 1.36. The van der Waals surface area contributed by atoms with E-state index >= 15 is 0 Å². The highest BCUT2D eigenvalue weighted by Gasteiger charge is 2.30. The van der Waals surface area contributed by atoms with Crippen LogP contribution in [-0.2, 0) is 11.3 Å². The zero-order valence-corrected chi connectivity index (χ0v) is 15.1. The number of hydrogen-bond acceptors (Lipinski definition) is 5. The SMILES string of the molecule is O=C(C1CCCN(Cc2cc(-c3ccccc3)on2)C1)N1CCNCC1. The predicted molar refractivity (Wildman–Crippen MR) is 99.4 cm³/mol. The first kappa shape index (κ1) is 17.2. The van der Waals surface area contributed by atoms with Gasteiger partial charge < -0.3 is 14.7 Å². The molecule has 138 valence electrons. The molecule has 1 unspecified atom stereocenters. The number of hydrogen-bond donors (Lipinski definition) is 1. The maximum absolute atomic E-state index is 12.8. The maximum Gasteiger partial charge on any atom is 0.227 e. The highest BCUT2D eigenvalue weighted by molar-refractivity contribution is 5.79. The molecule has 2 fully saturated rings. The molecular formula is C20H26N4O2. The summed E-state index contributed by atoms with van der Waals surface area (Å²) in [5.41, 5.74) is 1.97. The van der Waals surface area contributed by atoms with Gasteiger partial charge in [0.1, 0.15) is 0 Å². The molecule has 6 heteroatoms. The zero-order valence-electron chi connectivity index (χ0n) is 15.1. The van der Waals surface area contributed by atoms with Gasteiger partial charge in [-0.25, -0.2) is 0 Å². The summed E-state index contributed by atoms with van der Waals surface area (Å²) in [7, 11) is 0. The van der Waals surface area contributed by atoms with Crippen LogP contribution in [0.1, 0.15) is 18.5 Å². The van der Waals surface area contributed by atoms with Crippen LogP contribution in [0.3, 0.4) is 0 Å². The molecule has 0 saturated carbocycles. The van der Waals surface area contributed by atoms with Crippen molar-refractivity contribution in [2.24, 2.45) is 5.92 Å². The molecule has 3 heterocycles. The van der Waals surface area contributed by atoms with Crippen molar-refractivity contribution >= 4 is 5.91 Å². The van der Waals surface area contributed by atoms with Gasteiger partial charge in [0.2, 0.25) is 5.91 Å². The number of carbonyl (C=O) groups is 1. The Hall–Kier alpha value is -2.18. The van der Waals surface area contributed by atoms with Crippen LogP contribution < -0.4 is 5.32 Å². The monoisotopic (exact) mass is 354 g/mol. The average molecular weight is 354 g/mol. The molecular weight excluding hydrogens is 328 g/mol. The van der Waals surface area contributed by atoms with Crippen LogP contribution >= 0.6 is 0 Å². The summed E-state index contributed by atoms with van der Waals surface area (Å²) >= 11 is 0. The van der Waals surface area contributed by atoms with Gasteiger partial charge >= 0.3 is 0 Å². The van der Waals surface area contributed by atoms with E-state index in [4.69, 9.17) is 4.52 Å². The molecule has 2 aliphatic heterocycles. The van der Waals surface area contributed by atoms with Crippen LogP contribution in [-0.4, -0.2) is 60.1 Å². The fraction of sp³-hybridized carbons (Fsp3) is 0.500. The second kappa shape index (κ2) is 8.01. The van der Waals surface area contributed by atoms with Gasteiger partial charge in [0.05, 0.1) is 11.6 Å². The number of benzene rings is 1. The number of carbonyl (C=O) groups excluding carboxylic acids is 1. The molecule has 0 bridgehead atoms. The Morgan fingerprint density at radius 2 is 2.00 bits per heavy atom. The largest absolute Gasteiger partial charge is 0.356 e. The van der Waals surface area contributed by atoms with Crippen LogP contribution in [0, 0.1) is 5.92 Å². The van der Waals surface area contributed by atoms with Crippen molar-refractivity contribution in [3.63, 3.8) is 0 Å². The number of rotatable bonds is 4. The molecule has 0 radical (unpaired) electrons. The van der Waals surface area contributed by atoms with Gasteiger partial charge in [0.25, 0.3) is 0 Å². The normalized spacial score (nSPS) is 21.7. The number of piperazine rings is 1. The molecule has 1 N–H and O–H groups in total. The second-order valence-electron chi connectivity index (χ2n) is 7.20. The van der Waals surface area contributed by atoms with E-state index in [9.17, 15) is 4.79 Å². The Morgan fingerprint density at radius 3 is 2.81 bits per heavy atom. The first-order valence-corrected chi connectivity index (χ1v) is 9.52. The minimum Gasteiger partial charge on any atom is -0.356 e. The van der Waals surface area contributed by atoms with Crippen molar-refractivity contribution in [1.82, 2.24) is 20.3 Å². The Morgan fingerprint density at radius 1 is 1.19 bits per heavy atom. The zero-order chi connectivity index (χ0) is 17.8. The summed E-state index contributed by atoms with van der Waals surface area (Å²) in [5, 5.41) is 7.53. The quantitative estimate of drug-likeness (QED) is 0.910. The lowest BCUT2D eigenvalue weighted by atomic mass is 9.96.